The van der Waals surface area contributed by atoms with E-state index in [1.165, 1.54) is 11.3 Å². The molecule has 0 unspecified atom stereocenters. The summed E-state index contributed by atoms with van der Waals surface area (Å²) in [5.41, 5.74) is 1.40. The van der Waals surface area contributed by atoms with Gasteiger partial charge in [0.1, 0.15) is 11.3 Å². The Kier molecular flexibility index (Phi) is 2.65. The Hall–Kier alpha value is -1.31. The van der Waals surface area contributed by atoms with E-state index < -0.39 is 5.60 Å². The van der Waals surface area contributed by atoms with Crippen LogP contribution in [0.3, 0.4) is 0 Å². The van der Waals surface area contributed by atoms with E-state index in [0.717, 1.165) is 13.1 Å². The molecule has 0 aliphatic carbocycles. The van der Waals surface area contributed by atoms with Gasteiger partial charge < -0.3 is 14.9 Å². The van der Waals surface area contributed by atoms with Crippen molar-refractivity contribution < 1.29 is 9.63 Å². The van der Waals surface area contributed by atoms with Gasteiger partial charge in [-0.25, -0.2) is 4.98 Å². The third kappa shape index (κ3) is 1.97. The van der Waals surface area contributed by atoms with Gasteiger partial charge in [0, 0.05) is 5.38 Å². The van der Waals surface area contributed by atoms with Crippen molar-refractivity contribution in [1.82, 2.24) is 20.4 Å². The van der Waals surface area contributed by atoms with E-state index in [9.17, 15) is 5.11 Å². The summed E-state index contributed by atoms with van der Waals surface area (Å²) in [6.45, 7) is 1.51. The van der Waals surface area contributed by atoms with Crippen LogP contribution in [0.15, 0.2) is 15.4 Å². The summed E-state index contributed by atoms with van der Waals surface area (Å²) in [6, 6.07) is 0. The molecule has 1 fully saturated rings. The van der Waals surface area contributed by atoms with Crippen molar-refractivity contribution in [2.45, 2.75) is 18.4 Å². The van der Waals surface area contributed by atoms with E-state index in [1.807, 2.05) is 5.38 Å². The molecule has 1 saturated heterocycles. The van der Waals surface area contributed by atoms with Crippen molar-refractivity contribution in [1.29, 1.82) is 0 Å². The highest BCUT2D eigenvalue weighted by molar-refractivity contribution is 7.07. The van der Waals surface area contributed by atoms with Crippen LogP contribution in [0.25, 0.3) is 11.5 Å². The predicted molar refractivity (Wildman–Crippen MR) is 61.4 cm³/mol. The second kappa shape index (κ2) is 4.17. The van der Waals surface area contributed by atoms with Crippen LogP contribution in [-0.4, -0.2) is 33.3 Å². The maximum atomic E-state index is 10.4. The average Bonchev–Trinajstić information content (AvgIpc) is 3.01. The first-order valence-corrected chi connectivity index (χ1v) is 6.38. The first-order valence-electron chi connectivity index (χ1n) is 5.44. The summed E-state index contributed by atoms with van der Waals surface area (Å²) in [5.74, 6) is 0.732. The topological polar surface area (TPSA) is 84.1 Å². The number of nitrogens with one attached hydrogen (secondary N) is 1. The first kappa shape index (κ1) is 10.8. The zero-order valence-corrected chi connectivity index (χ0v) is 9.90. The van der Waals surface area contributed by atoms with Crippen molar-refractivity contribution in [3.63, 3.8) is 0 Å². The van der Waals surface area contributed by atoms with Gasteiger partial charge in [-0.1, -0.05) is 5.16 Å². The molecule has 1 aliphatic heterocycles. The average molecular weight is 252 g/mol. The van der Waals surface area contributed by atoms with E-state index in [0.29, 0.717) is 30.3 Å². The van der Waals surface area contributed by atoms with Gasteiger partial charge in [-0.15, -0.1) is 11.3 Å². The lowest BCUT2D eigenvalue weighted by Gasteiger charge is -2.28. The van der Waals surface area contributed by atoms with Crippen LogP contribution < -0.4 is 5.32 Å². The zero-order valence-electron chi connectivity index (χ0n) is 9.09. The first-order chi connectivity index (χ1) is 8.28. The van der Waals surface area contributed by atoms with Gasteiger partial charge >= 0.3 is 0 Å². The Bertz CT molecular complexity index is 490. The molecule has 0 aromatic carbocycles. The van der Waals surface area contributed by atoms with Gasteiger partial charge in [0.2, 0.25) is 5.82 Å². The van der Waals surface area contributed by atoms with E-state index >= 15 is 0 Å². The van der Waals surface area contributed by atoms with Crippen molar-refractivity contribution in [3.8, 4) is 11.5 Å². The molecule has 0 bridgehead atoms. The van der Waals surface area contributed by atoms with E-state index in [1.54, 1.807) is 5.51 Å². The molecule has 17 heavy (non-hydrogen) atoms. The molecule has 90 valence electrons. The van der Waals surface area contributed by atoms with Crippen molar-refractivity contribution in [2.75, 3.05) is 13.1 Å². The highest BCUT2D eigenvalue weighted by Crippen LogP contribution is 2.30. The summed E-state index contributed by atoms with van der Waals surface area (Å²) in [5, 5.41) is 19.3. The van der Waals surface area contributed by atoms with Crippen LogP contribution in [0.1, 0.15) is 18.7 Å². The van der Waals surface area contributed by atoms with Gasteiger partial charge in [0.15, 0.2) is 0 Å². The zero-order chi connectivity index (χ0) is 11.7. The fourth-order valence-corrected chi connectivity index (χ4v) is 2.42. The predicted octanol–water partition coefficient (Wildman–Crippen LogP) is 0.764. The quantitative estimate of drug-likeness (QED) is 0.821. The molecule has 2 aromatic rings. The van der Waals surface area contributed by atoms with Crippen LogP contribution in [-0.2, 0) is 5.60 Å². The molecule has 1 aliphatic rings. The fraction of sp³-hybridized carbons (Fsp3) is 0.500. The van der Waals surface area contributed by atoms with Crippen molar-refractivity contribution in [3.05, 3.63) is 16.8 Å². The Balaban J connectivity index is 1.89. The highest BCUT2D eigenvalue weighted by Gasteiger charge is 2.37. The Morgan fingerprint density at radius 3 is 2.94 bits per heavy atom. The second-order valence-electron chi connectivity index (χ2n) is 4.08. The van der Waals surface area contributed by atoms with E-state index in [4.69, 9.17) is 4.52 Å². The van der Waals surface area contributed by atoms with Gasteiger partial charge in [-0.05, 0) is 25.9 Å². The van der Waals surface area contributed by atoms with Gasteiger partial charge in [0.25, 0.3) is 5.89 Å². The van der Waals surface area contributed by atoms with Crippen LogP contribution in [0.2, 0.25) is 0 Å². The normalized spacial score (nSPS) is 19.4. The lowest BCUT2D eigenvalue weighted by atomic mass is 9.92. The molecule has 3 heterocycles. The Morgan fingerprint density at radius 1 is 1.41 bits per heavy atom. The van der Waals surface area contributed by atoms with Gasteiger partial charge in [0.05, 0.1) is 5.51 Å². The number of thiazole rings is 1. The molecule has 2 aromatic heterocycles. The fourth-order valence-electron chi connectivity index (χ4n) is 1.89. The Labute approximate surface area is 102 Å². The number of hydrogen-bond acceptors (Lipinski definition) is 7. The van der Waals surface area contributed by atoms with Crippen LogP contribution in [0.4, 0.5) is 0 Å². The molecule has 0 spiro atoms. The summed E-state index contributed by atoms with van der Waals surface area (Å²) >= 11 is 1.47. The molecular formula is C10H12N4O2S. The lowest BCUT2D eigenvalue weighted by Crippen LogP contribution is -2.39. The van der Waals surface area contributed by atoms with Crippen molar-refractivity contribution >= 4 is 11.3 Å². The molecule has 0 saturated carbocycles. The summed E-state index contributed by atoms with van der Waals surface area (Å²) in [7, 11) is 0. The SMILES string of the molecule is OC1(c2nc(-c3cscn3)no2)CCNCC1. The Morgan fingerprint density at radius 2 is 2.24 bits per heavy atom. The smallest absolute Gasteiger partial charge is 0.259 e. The molecular weight excluding hydrogens is 240 g/mol. The van der Waals surface area contributed by atoms with E-state index in [2.05, 4.69) is 20.4 Å². The van der Waals surface area contributed by atoms with E-state index in [-0.39, 0.29) is 0 Å². The number of aromatic nitrogens is 3. The van der Waals surface area contributed by atoms with Crippen LogP contribution >= 0.6 is 11.3 Å². The van der Waals surface area contributed by atoms with Crippen LogP contribution in [0, 0.1) is 0 Å². The molecule has 0 atom stereocenters. The standard InChI is InChI=1S/C10H12N4O2S/c15-10(1-3-11-4-2-10)9-13-8(14-16-9)7-5-17-6-12-7/h5-6,11,15H,1-4H2. The van der Waals surface area contributed by atoms with Crippen molar-refractivity contribution in [2.24, 2.45) is 0 Å². The number of nitrogens with zero attached hydrogens (tertiary/aromatic N) is 3. The highest BCUT2D eigenvalue weighted by atomic mass is 32.1. The van der Waals surface area contributed by atoms with Gasteiger partial charge in [-0.3, -0.25) is 0 Å². The maximum absolute atomic E-state index is 10.4. The number of hydrogen-bond donors (Lipinski definition) is 2. The molecule has 0 amide bonds. The molecule has 2 N–H and O–H groups in total. The third-order valence-corrected chi connectivity index (χ3v) is 3.50. The van der Waals surface area contributed by atoms with Crippen LogP contribution in [0.5, 0.6) is 0 Å². The molecule has 0 radical (unpaired) electrons. The monoisotopic (exact) mass is 252 g/mol. The summed E-state index contributed by atoms with van der Waals surface area (Å²) in [4.78, 5) is 8.34. The summed E-state index contributed by atoms with van der Waals surface area (Å²) < 4.78 is 5.16. The third-order valence-electron chi connectivity index (χ3n) is 2.92. The number of aliphatic hydroxyl groups is 1. The minimum atomic E-state index is -0.994. The summed E-state index contributed by atoms with van der Waals surface area (Å²) in [6.07, 6.45) is 1.18. The van der Waals surface area contributed by atoms with Gasteiger partial charge in [-0.2, -0.15) is 4.98 Å². The minimum Gasteiger partial charge on any atom is -0.380 e. The second-order valence-corrected chi connectivity index (χ2v) is 4.80. The maximum Gasteiger partial charge on any atom is 0.259 e. The lowest BCUT2D eigenvalue weighted by molar-refractivity contribution is -0.0228. The molecule has 7 heteroatoms. The number of rotatable bonds is 2. The largest absolute Gasteiger partial charge is 0.380 e. The minimum absolute atomic E-state index is 0.294. The molecule has 6 nitrogen and oxygen atoms in total. The molecule has 3 rings (SSSR count). The number of piperidine rings is 1.